The van der Waals surface area contributed by atoms with E-state index in [1.54, 1.807) is 6.92 Å². The zero-order valence-electron chi connectivity index (χ0n) is 9.55. The van der Waals surface area contributed by atoms with E-state index in [2.05, 4.69) is 12.2 Å². The third-order valence-corrected chi connectivity index (χ3v) is 2.38. The van der Waals surface area contributed by atoms with Crippen molar-refractivity contribution in [3.8, 4) is 0 Å². The first kappa shape index (κ1) is 11.8. The van der Waals surface area contributed by atoms with Crippen LogP contribution in [0.4, 0.5) is 5.69 Å². The Balaban J connectivity index is 2.47. The first-order valence-electron chi connectivity index (χ1n) is 5.59. The quantitative estimate of drug-likeness (QED) is 0.569. The van der Waals surface area contributed by atoms with Gasteiger partial charge < -0.3 is 5.32 Å². The van der Waals surface area contributed by atoms with Crippen LogP contribution >= 0.6 is 0 Å². The number of hydrogen-bond donors (Lipinski definition) is 1. The molecular weight excluding hydrogens is 186 g/mol. The number of hydrogen-bond acceptors (Lipinski definition) is 2. The molecule has 0 radical (unpaired) electrons. The average molecular weight is 205 g/mol. The van der Waals surface area contributed by atoms with Crippen LogP contribution in [0, 0.1) is 0 Å². The Bertz CT molecular complexity index is 320. The zero-order chi connectivity index (χ0) is 11.1. The highest BCUT2D eigenvalue weighted by Gasteiger charge is 1.99. The number of carbonyl (C=O) groups is 1. The van der Waals surface area contributed by atoms with E-state index in [-0.39, 0.29) is 5.78 Å². The van der Waals surface area contributed by atoms with Crippen LogP contribution in [0.2, 0.25) is 0 Å². The molecule has 0 aliphatic heterocycles. The summed E-state index contributed by atoms with van der Waals surface area (Å²) in [6.45, 7) is 4.77. The van der Waals surface area contributed by atoms with E-state index in [0.29, 0.717) is 0 Å². The standard InChI is InChI=1S/C13H19NO/c1-3-4-5-9-14-13-8-6-7-12(10-13)11(2)15/h6-8,10,14H,3-5,9H2,1-2H3. The number of anilines is 1. The maximum absolute atomic E-state index is 11.1. The molecule has 0 spiro atoms. The van der Waals surface area contributed by atoms with Crippen molar-refractivity contribution in [2.45, 2.75) is 33.1 Å². The molecule has 0 amide bonds. The Morgan fingerprint density at radius 3 is 2.80 bits per heavy atom. The van der Waals surface area contributed by atoms with E-state index in [9.17, 15) is 4.79 Å². The van der Waals surface area contributed by atoms with Crippen LogP contribution in [0.1, 0.15) is 43.5 Å². The molecule has 0 heterocycles. The third kappa shape index (κ3) is 4.15. The van der Waals surface area contributed by atoms with Gasteiger partial charge in [0.25, 0.3) is 0 Å². The summed E-state index contributed by atoms with van der Waals surface area (Å²) in [5.74, 6) is 0.118. The second kappa shape index (κ2) is 6.23. The molecule has 0 aliphatic rings. The predicted octanol–water partition coefficient (Wildman–Crippen LogP) is 3.49. The largest absolute Gasteiger partial charge is 0.385 e. The number of carbonyl (C=O) groups excluding carboxylic acids is 1. The number of rotatable bonds is 6. The monoisotopic (exact) mass is 205 g/mol. The summed E-state index contributed by atoms with van der Waals surface area (Å²) in [5.41, 5.74) is 1.81. The summed E-state index contributed by atoms with van der Waals surface area (Å²) in [4.78, 5) is 11.1. The van der Waals surface area contributed by atoms with E-state index in [1.807, 2.05) is 24.3 Å². The summed E-state index contributed by atoms with van der Waals surface area (Å²) >= 11 is 0. The van der Waals surface area contributed by atoms with Gasteiger partial charge >= 0.3 is 0 Å². The van der Waals surface area contributed by atoms with Crippen molar-refractivity contribution < 1.29 is 4.79 Å². The van der Waals surface area contributed by atoms with Gasteiger partial charge in [-0.1, -0.05) is 31.9 Å². The fourth-order valence-electron chi connectivity index (χ4n) is 1.46. The van der Waals surface area contributed by atoms with Gasteiger partial charge in [-0.2, -0.15) is 0 Å². The van der Waals surface area contributed by atoms with Crippen LogP contribution in [-0.2, 0) is 0 Å². The van der Waals surface area contributed by atoms with Crippen molar-refractivity contribution in [2.75, 3.05) is 11.9 Å². The van der Waals surface area contributed by atoms with Gasteiger partial charge in [-0.3, -0.25) is 4.79 Å². The molecule has 0 unspecified atom stereocenters. The normalized spacial score (nSPS) is 10.0. The summed E-state index contributed by atoms with van der Waals surface area (Å²) in [6, 6.07) is 7.67. The van der Waals surface area contributed by atoms with E-state index in [4.69, 9.17) is 0 Å². The number of Topliss-reactive ketones (excluding diaryl/α,β-unsaturated/α-hetero) is 1. The number of unbranched alkanes of at least 4 members (excludes halogenated alkanes) is 2. The van der Waals surface area contributed by atoms with Crippen molar-refractivity contribution in [1.29, 1.82) is 0 Å². The third-order valence-electron chi connectivity index (χ3n) is 2.38. The zero-order valence-corrected chi connectivity index (χ0v) is 9.55. The Morgan fingerprint density at radius 2 is 2.13 bits per heavy atom. The first-order chi connectivity index (χ1) is 7.24. The summed E-state index contributed by atoms with van der Waals surface area (Å²) < 4.78 is 0. The Hall–Kier alpha value is -1.31. The molecule has 0 saturated carbocycles. The lowest BCUT2D eigenvalue weighted by Crippen LogP contribution is -2.02. The van der Waals surface area contributed by atoms with Crippen LogP contribution in [0.5, 0.6) is 0 Å². The van der Waals surface area contributed by atoms with Crippen molar-refractivity contribution in [1.82, 2.24) is 0 Å². The van der Waals surface area contributed by atoms with Crippen molar-refractivity contribution in [2.24, 2.45) is 0 Å². The van der Waals surface area contributed by atoms with Crippen LogP contribution < -0.4 is 5.32 Å². The fourth-order valence-corrected chi connectivity index (χ4v) is 1.46. The number of nitrogens with one attached hydrogen (secondary N) is 1. The second-order valence-corrected chi connectivity index (χ2v) is 3.77. The van der Waals surface area contributed by atoms with Gasteiger partial charge in [0, 0.05) is 17.8 Å². The van der Waals surface area contributed by atoms with Crippen LogP contribution in [0.25, 0.3) is 0 Å². The molecule has 2 heteroatoms. The van der Waals surface area contributed by atoms with Gasteiger partial charge in [-0.05, 0) is 25.5 Å². The molecule has 1 aromatic rings. The Labute approximate surface area is 91.7 Å². The lowest BCUT2D eigenvalue weighted by molar-refractivity contribution is 0.101. The number of benzene rings is 1. The van der Waals surface area contributed by atoms with Crippen molar-refractivity contribution >= 4 is 11.5 Å². The minimum Gasteiger partial charge on any atom is -0.385 e. The van der Waals surface area contributed by atoms with Gasteiger partial charge in [0.05, 0.1) is 0 Å². The SMILES string of the molecule is CCCCCNc1cccc(C(C)=O)c1. The molecule has 0 atom stereocenters. The van der Waals surface area contributed by atoms with Crippen molar-refractivity contribution in [3.05, 3.63) is 29.8 Å². The average Bonchev–Trinajstić information content (AvgIpc) is 2.25. The van der Waals surface area contributed by atoms with E-state index >= 15 is 0 Å². The molecule has 1 rings (SSSR count). The summed E-state index contributed by atoms with van der Waals surface area (Å²) in [7, 11) is 0. The molecule has 0 aliphatic carbocycles. The van der Waals surface area contributed by atoms with Crippen molar-refractivity contribution in [3.63, 3.8) is 0 Å². The maximum Gasteiger partial charge on any atom is 0.159 e. The highest BCUT2D eigenvalue weighted by Crippen LogP contribution is 2.11. The van der Waals surface area contributed by atoms with Gasteiger partial charge in [-0.25, -0.2) is 0 Å². The molecule has 0 fully saturated rings. The minimum atomic E-state index is 0.118. The molecule has 15 heavy (non-hydrogen) atoms. The second-order valence-electron chi connectivity index (χ2n) is 3.77. The topological polar surface area (TPSA) is 29.1 Å². The molecule has 2 nitrogen and oxygen atoms in total. The van der Waals surface area contributed by atoms with Crippen LogP contribution in [0.15, 0.2) is 24.3 Å². The molecule has 1 N–H and O–H groups in total. The van der Waals surface area contributed by atoms with Gasteiger partial charge in [0.2, 0.25) is 0 Å². The molecular formula is C13H19NO. The van der Waals surface area contributed by atoms with Crippen LogP contribution in [0.3, 0.4) is 0 Å². The minimum absolute atomic E-state index is 0.118. The lowest BCUT2D eigenvalue weighted by atomic mass is 10.1. The fraction of sp³-hybridized carbons (Fsp3) is 0.462. The van der Waals surface area contributed by atoms with Gasteiger partial charge in [0.15, 0.2) is 5.78 Å². The van der Waals surface area contributed by atoms with Crippen LogP contribution in [-0.4, -0.2) is 12.3 Å². The Kier molecular flexibility index (Phi) is 4.88. The highest BCUT2D eigenvalue weighted by molar-refractivity contribution is 5.94. The molecule has 0 saturated heterocycles. The van der Waals surface area contributed by atoms with E-state index < -0.39 is 0 Å². The Morgan fingerprint density at radius 1 is 1.33 bits per heavy atom. The van der Waals surface area contributed by atoms with E-state index in [0.717, 1.165) is 17.8 Å². The van der Waals surface area contributed by atoms with Gasteiger partial charge in [-0.15, -0.1) is 0 Å². The molecule has 0 aromatic heterocycles. The summed E-state index contributed by atoms with van der Waals surface area (Å²) in [5, 5.41) is 3.32. The molecule has 1 aromatic carbocycles. The highest BCUT2D eigenvalue weighted by atomic mass is 16.1. The molecule has 0 bridgehead atoms. The number of ketones is 1. The molecule has 82 valence electrons. The lowest BCUT2D eigenvalue weighted by Gasteiger charge is -2.06. The maximum atomic E-state index is 11.1. The smallest absolute Gasteiger partial charge is 0.159 e. The predicted molar refractivity (Wildman–Crippen MR) is 64.5 cm³/mol. The summed E-state index contributed by atoms with van der Waals surface area (Å²) in [6.07, 6.45) is 3.66. The van der Waals surface area contributed by atoms with Gasteiger partial charge in [0.1, 0.15) is 0 Å². The van der Waals surface area contributed by atoms with E-state index in [1.165, 1.54) is 19.3 Å². The first-order valence-corrected chi connectivity index (χ1v) is 5.59.